The van der Waals surface area contributed by atoms with E-state index in [1.165, 1.54) is 11.3 Å². The quantitative estimate of drug-likeness (QED) is 0.728. The van der Waals surface area contributed by atoms with Crippen molar-refractivity contribution >= 4 is 34.0 Å². The molecule has 0 aliphatic rings. The summed E-state index contributed by atoms with van der Waals surface area (Å²) in [7, 11) is 0. The number of hydrogen-bond donors (Lipinski definition) is 1. The number of halogens is 1. The highest BCUT2D eigenvalue weighted by molar-refractivity contribution is 7.15. The summed E-state index contributed by atoms with van der Waals surface area (Å²) in [6, 6.07) is 9.42. The van der Waals surface area contributed by atoms with Crippen molar-refractivity contribution in [1.29, 1.82) is 0 Å². The topological polar surface area (TPSA) is 72.7 Å². The lowest BCUT2D eigenvalue weighted by Gasteiger charge is -2.10. The Balaban J connectivity index is 1.55. The first-order chi connectivity index (χ1) is 11.6. The number of nitrogens with one attached hydrogen (secondary N) is 1. The molecule has 0 bridgehead atoms. The third kappa shape index (κ3) is 4.39. The Kier molecular flexibility index (Phi) is 5.22. The van der Waals surface area contributed by atoms with Gasteiger partial charge in [-0.2, -0.15) is 5.10 Å². The van der Waals surface area contributed by atoms with Gasteiger partial charge in [0.15, 0.2) is 0 Å². The zero-order valence-corrected chi connectivity index (χ0v) is 14.6. The average Bonchev–Trinajstić information content (AvgIpc) is 3.21. The van der Waals surface area contributed by atoms with E-state index >= 15 is 0 Å². The Labute approximate surface area is 148 Å². The van der Waals surface area contributed by atoms with E-state index < -0.39 is 0 Å². The van der Waals surface area contributed by atoms with E-state index in [4.69, 9.17) is 11.6 Å². The second kappa shape index (κ2) is 7.55. The minimum Gasteiger partial charge on any atom is -0.300 e. The molecular weight excluding hydrogens is 346 g/mol. The molecular formula is C16H16ClN5OS. The molecule has 3 rings (SSSR count). The van der Waals surface area contributed by atoms with E-state index in [2.05, 4.69) is 20.6 Å². The summed E-state index contributed by atoms with van der Waals surface area (Å²) in [5, 5.41) is 17.1. The minimum absolute atomic E-state index is 0.0125. The zero-order valence-electron chi connectivity index (χ0n) is 13.0. The fourth-order valence-corrected chi connectivity index (χ4v) is 3.14. The largest absolute Gasteiger partial charge is 0.300 e. The summed E-state index contributed by atoms with van der Waals surface area (Å²) in [6.45, 7) is 1.94. The number of hydrogen-bond acceptors (Lipinski definition) is 5. The van der Waals surface area contributed by atoms with Crippen LogP contribution in [0.5, 0.6) is 0 Å². The highest BCUT2D eigenvalue weighted by atomic mass is 35.5. The van der Waals surface area contributed by atoms with Gasteiger partial charge in [-0.3, -0.25) is 9.48 Å². The van der Waals surface area contributed by atoms with Gasteiger partial charge < -0.3 is 5.32 Å². The Morgan fingerprint density at radius 1 is 1.33 bits per heavy atom. The van der Waals surface area contributed by atoms with Crippen molar-refractivity contribution in [2.24, 2.45) is 0 Å². The average molecular weight is 362 g/mol. The van der Waals surface area contributed by atoms with Gasteiger partial charge in [0.05, 0.1) is 6.04 Å². The van der Waals surface area contributed by atoms with Gasteiger partial charge in [0.25, 0.3) is 0 Å². The molecule has 0 spiro atoms. The summed E-state index contributed by atoms with van der Waals surface area (Å²) in [5.41, 5.74) is 1.10. The van der Waals surface area contributed by atoms with E-state index in [0.717, 1.165) is 10.6 Å². The van der Waals surface area contributed by atoms with Gasteiger partial charge in [-0.15, -0.1) is 10.2 Å². The minimum atomic E-state index is -0.104. The fourth-order valence-electron chi connectivity index (χ4n) is 2.23. The van der Waals surface area contributed by atoms with Crippen molar-refractivity contribution in [1.82, 2.24) is 20.0 Å². The lowest BCUT2D eigenvalue weighted by atomic mass is 10.2. The van der Waals surface area contributed by atoms with Crippen LogP contribution in [0.2, 0.25) is 5.02 Å². The Morgan fingerprint density at radius 3 is 2.83 bits per heavy atom. The molecule has 124 valence electrons. The second-order valence-electron chi connectivity index (χ2n) is 5.39. The van der Waals surface area contributed by atoms with Gasteiger partial charge in [-0.25, -0.2) is 0 Å². The van der Waals surface area contributed by atoms with Gasteiger partial charge in [0.2, 0.25) is 11.0 Å². The maximum Gasteiger partial charge on any atom is 0.228 e. The second-order valence-corrected chi connectivity index (χ2v) is 6.89. The SMILES string of the molecule is CC(CC(=O)Nc1nnc(Cc2ccc(Cl)cc2)s1)n1cccn1. The molecule has 0 aliphatic carbocycles. The van der Waals surface area contributed by atoms with Gasteiger partial charge in [-0.1, -0.05) is 35.1 Å². The normalized spacial score (nSPS) is 12.1. The first-order valence-electron chi connectivity index (χ1n) is 7.46. The van der Waals surface area contributed by atoms with Crippen LogP contribution in [-0.2, 0) is 11.2 Å². The molecule has 0 aliphatic heterocycles. The van der Waals surface area contributed by atoms with Crippen molar-refractivity contribution in [3.63, 3.8) is 0 Å². The Morgan fingerprint density at radius 2 is 2.12 bits per heavy atom. The molecule has 1 amide bonds. The number of carbonyl (C=O) groups is 1. The van der Waals surface area contributed by atoms with Crippen LogP contribution in [0.1, 0.15) is 30.0 Å². The highest BCUT2D eigenvalue weighted by Gasteiger charge is 2.13. The van der Waals surface area contributed by atoms with Crippen LogP contribution in [0, 0.1) is 0 Å². The maximum absolute atomic E-state index is 12.1. The first kappa shape index (κ1) is 16.6. The standard InChI is InChI=1S/C16H16ClN5OS/c1-11(22-8-2-7-18-22)9-14(23)19-16-21-20-15(24-16)10-12-3-5-13(17)6-4-12/h2-8,11H,9-10H2,1H3,(H,19,21,23). The molecule has 1 atom stereocenters. The number of aromatic nitrogens is 4. The van der Waals surface area contributed by atoms with Crippen molar-refractivity contribution < 1.29 is 4.79 Å². The van der Waals surface area contributed by atoms with Crippen LogP contribution in [0.15, 0.2) is 42.7 Å². The van der Waals surface area contributed by atoms with Gasteiger partial charge in [0, 0.05) is 30.3 Å². The zero-order chi connectivity index (χ0) is 16.9. The highest BCUT2D eigenvalue weighted by Crippen LogP contribution is 2.20. The van der Waals surface area contributed by atoms with E-state index in [1.807, 2.05) is 43.5 Å². The molecule has 3 aromatic rings. The molecule has 6 nitrogen and oxygen atoms in total. The van der Waals surface area contributed by atoms with Crippen LogP contribution in [0.25, 0.3) is 0 Å². The molecule has 2 aromatic heterocycles. The van der Waals surface area contributed by atoms with Crippen LogP contribution >= 0.6 is 22.9 Å². The summed E-state index contributed by atoms with van der Waals surface area (Å²) >= 11 is 7.25. The summed E-state index contributed by atoms with van der Waals surface area (Å²) in [6.07, 6.45) is 4.53. The molecule has 1 unspecified atom stereocenters. The fraction of sp³-hybridized carbons (Fsp3) is 0.250. The van der Waals surface area contributed by atoms with Gasteiger partial charge in [0.1, 0.15) is 5.01 Å². The van der Waals surface area contributed by atoms with Crippen LogP contribution < -0.4 is 5.32 Å². The van der Waals surface area contributed by atoms with Crippen molar-refractivity contribution in [3.8, 4) is 0 Å². The van der Waals surface area contributed by atoms with E-state index in [1.54, 1.807) is 10.9 Å². The number of carbonyl (C=O) groups excluding carboxylic acids is 1. The third-order valence-corrected chi connectivity index (χ3v) is 4.53. The van der Waals surface area contributed by atoms with Crippen LogP contribution in [-0.4, -0.2) is 25.9 Å². The van der Waals surface area contributed by atoms with Crippen molar-refractivity contribution in [3.05, 3.63) is 58.3 Å². The van der Waals surface area contributed by atoms with E-state index in [-0.39, 0.29) is 11.9 Å². The molecule has 0 radical (unpaired) electrons. The van der Waals surface area contributed by atoms with Crippen molar-refractivity contribution in [2.75, 3.05) is 5.32 Å². The molecule has 2 heterocycles. The first-order valence-corrected chi connectivity index (χ1v) is 8.65. The van der Waals surface area contributed by atoms with Crippen molar-refractivity contribution in [2.45, 2.75) is 25.8 Å². The number of rotatable bonds is 6. The lowest BCUT2D eigenvalue weighted by molar-refractivity contribution is -0.116. The molecule has 24 heavy (non-hydrogen) atoms. The van der Waals surface area contributed by atoms with Gasteiger partial charge >= 0.3 is 0 Å². The predicted octanol–water partition coefficient (Wildman–Crippen LogP) is 3.57. The molecule has 0 saturated carbocycles. The smallest absolute Gasteiger partial charge is 0.228 e. The number of nitrogens with zero attached hydrogens (tertiary/aromatic N) is 4. The monoisotopic (exact) mass is 361 g/mol. The maximum atomic E-state index is 12.1. The van der Waals surface area contributed by atoms with Crippen LogP contribution in [0.3, 0.4) is 0 Å². The predicted molar refractivity (Wildman–Crippen MR) is 94.4 cm³/mol. The molecule has 1 N–H and O–H groups in total. The van der Waals surface area contributed by atoms with E-state index in [9.17, 15) is 4.79 Å². The van der Waals surface area contributed by atoms with Crippen LogP contribution in [0.4, 0.5) is 5.13 Å². The molecule has 1 aromatic carbocycles. The number of anilines is 1. The summed E-state index contributed by atoms with van der Waals surface area (Å²) in [5.74, 6) is -0.104. The van der Waals surface area contributed by atoms with E-state index in [0.29, 0.717) is 23.0 Å². The third-order valence-electron chi connectivity index (χ3n) is 3.44. The number of benzene rings is 1. The Bertz CT molecular complexity index is 800. The summed E-state index contributed by atoms with van der Waals surface area (Å²) < 4.78 is 1.76. The summed E-state index contributed by atoms with van der Waals surface area (Å²) in [4.78, 5) is 12.1. The molecule has 0 saturated heterocycles. The Hall–Kier alpha value is -2.25. The molecule has 8 heteroatoms. The number of amides is 1. The molecule has 0 fully saturated rings. The van der Waals surface area contributed by atoms with Gasteiger partial charge in [-0.05, 0) is 30.7 Å². The lowest BCUT2D eigenvalue weighted by Crippen LogP contribution is -2.17.